The van der Waals surface area contributed by atoms with Crippen LogP contribution in [0.25, 0.3) is 5.52 Å². The van der Waals surface area contributed by atoms with Gasteiger partial charge in [-0.1, -0.05) is 115 Å². The lowest BCUT2D eigenvalue weighted by molar-refractivity contribution is -0.0690. The van der Waals surface area contributed by atoms with Crippen LogP contribution in [0.1, 0.15) is 126 Å². The Kier molecular flexibility index (Phi) is 19.8. The largest absolute Gasteiger partial charge is 0.472 e. The molecule has 3 heterocycles. The van der Waals surface area contributed by atoms with Crippen LogP contribution in [0.3, 0.4) is 0 Å². The molecular weight excluding hydrogens is 751 g/mol. The molecule has 5 N–H and O–H groups in total. The molecule has 15 nitrogen and oxygen atoms in total. The SMILES string of the molecule is CCCCCCCCCCCCCCCCCCOC[C@@H](COP(=O)(O)OC[C@H]1O[C@@](C#N)(c2ccc3c(N)ncnn23)[C@H](O)[C@@H]1O)OCc1ccc(C#N)cc1. The number of nitriles is 2. The van der Waals surface area contributed by atoms with Gasteiger partial charge >= 0.3 is 7.82 Å². The Balaban J connectivity index is 1.18. The van der Waals surface area contributed by atoms with Gasteiger partial charge in [0.15, 0.2) is 5.82 Å². The smallest absolute Gasteiger partial charge is 0.387 e. The lowest BCUT2D eigenvalue weighted by Crippen LogP contribution is -2.41. The molecule has 0 amide bonds. The first-order chi connectivity index (χ1) is 27.6. The monoisotopic (exact) mass is 812 g/mol. The highest BCUT2D eigenvalue weighted by molar-refractivity contribution is 7.47. The van der Waals surface area contributed by atoms with Gasteiger partial charge in [0, 0.05) is 6.61 Å². The molecule has 1 aliphatic heterocycles. The molecule has 2 aromatic heterocycles. The van der Waals surface area contributed by atoms with E-state index in [0.29, 0.717) is 17.7 Å². The minimum Gasteiger partial charge on any atom is -0.387 e. The zero-order valence-corrected chi connectivity index (χ0v) is 34.1. The first-order valence-corrected chi connectivity index (χ1v) is 22.0. The van der Waals surface area contributed by atoms with E-state index in [1.165, 1.54) is 106 Å². The highest BCUT2D eigenvalue weighted by Gasteiger charge is 2.58. The van der Waals surface area contributed by atoms with E-state index in [4.69, 9.17) is 34.3 Å². The van der Waals surface area contributed by atoms with Crippen molar-refractivity contribution >= 4 is 19.2 Å². The molecule has 0 aliphatic carbocycles. The Morgan fingerprint density at radius 2 is 1.51 bits per heavy atom. The number of phosphoric acid groups is 1. The predicted molar refractivity (Wildman–Crippen MR) is 213 cm³/mol. The van der Waals surface area contributed by atoms with Crippen molar-refractivity contribution in [3.8, 4) is 12.1 Å². The minimum atomic E-state index is -4.76. The molecule has 16 heteroatoms. The molecule has 0 spiro atoms. The summed E-state index contributed by atoms with van der Waals surface area (Å²) in [5, 5.41) is 45.1. The lowest BCUT2D eigenvalue weighted by Gasteiger charge is -2.24. The summed E-state index contributed by atoms with van der Waals surface area (Å²) in [7, 11) is -4.76. The minimum absolute atomic E-state index is 0.0772. The van der Waals surface area contributed by atoms with Gasteiger partial charge in [0.2, 0.25) is 5.60 Å². The summed E-state index contributed by atoms with van der Waals surface area (Å²) in [6, 6.07) is 13.9. The van der Waals surface area contributed by atoms with Crippen LogP contribution in [0, 0.1) is 22.7 Å². The molecule has 0 saturated carbocycles. The second kappa shape index (κ2) is 24.5. The Labute approximate surface area is 336 Å². The van der Waals surface area contributed by atoms with E-state index in [0.717, 1.165) is 24.8 Å². The predicted octanol–water partition coefficient (Wildman–Crippen LogP) is 7.02. The summed E-state index contributed by atoms with van der Waals surface area (Å²) in [6.07, 6.45) is 16.0. The number of hydrogen-bond donors (Lipinski definition) is 4. The van der Waals surface area contributed by atoms with E-state index >= 15 is 0 Å². The highest BCUT2D eigenvalue weighted by Crippen LogP contribution is 2.46. The average Bonchev–Trinajstić information content (AvgIpc) is 3.77. The number of nitrogen functional groups attached to an aromatic ring is 1. The van der Waals surface area contributed by atoms with E-state index < -0.39 is 44.4 Å². The molecule has 0 bridgehead atoms. The Morgan fingerprint density at radius 1 is 0.895 bits per heavy atom. The van der Waals surface area contributed by atoms with E-state index in [-0.39, 0.29) is 31.3 Å². The van der Waals surface area contributed by atoms with E-state index in [1.807, 2.05) is 6.07 Å². The standard InChI is InChI=1S/C41H61N6O9P/c1-2-3-4-5-6-7-8-9-10-11-12-13-14-15-16-17-24-52-27-34(53-26-33-20-18-32(25-42)19-21-33)28-54-57(50,51)55-29-36-38(48)39(49)41(30-43,56-36)37-23-22-35-40(44)45-31-46-47(35)37/h18-23,31,34,36,38-39,48-49H,2-17,24,26-29H2,1H3,(H,50,51)(H2,44,45,46)/t34-,36+,38+,39+,41-/m0/s1. The van der Waals surface area contributed by atoms with Gasteiger partial charge in [-0.25, -0.2) is 14.1 Å². The molecule has 314 valence electrons. The third-order valence-corrected chi connectivity index (χ3v) is 11.3. The summed E-state index contributed by atoms with van der Waals surface area (Å²) in [5.74, 6) is 0.125. The number of benzene rings is 1. The maximum Gasteiger partial charge on any atom is 0.472 e. The second-order valence-electron chi connectivity index (χ2n) is 14.8. The third kappa shape index (κ3) is 14.4. The maximum absolute atomic E-state index is 13.0. The van der Waals surface area contributed by atoms with Gasteiger partial charge in [0.05, 0.1) is 43.8 Å². The van der Waals surface area contributed by atoms with Crippen molar-refractivity contribution < 1.29 is 42.9 Å². The Morgan fingerprint density at radius 3 is 2.11 bits per heavy atom. The number of phosphoric ester groups is 1. The number of hydrogen-bond acceptors (Lipinski definition) is 13. The summed E-state index contributed by atoms with van der Waals surface area (Å²) in [5.41, 5.74) is 5.54. The summed E-state index contributed by atoms with van der Waals surface area (Å²) >= 11 is 0. The van der Waals surface area contributed by atoms with Crippen LogP contribution in [0.5, 0.6) is 0 Å². The number of aromatic nitrogens is 3. The summed E-state index contributed by atoms with van der Waals surface area (Å²) in [4.78, 5) is 14.5. The third-order valence-electron chi connectivity index (χ3n) is 10.3. The molecule has 3 aromatic rings. The van der Waals surface area contributed by atoms with Crippen molar-refractivity contribution in [3.63, 3.8) is 0 Å². The van der Waals surface area contributed by atoms with Crippen molar-refractivity contribution in [2.24, 2.45) is 0 Å². The van der Waals surface area contributed by atoms with Crippen molar-refractivity contribution in [3.05, 3.63) is 59.5 Å². The zero-order chi connectivity index (χ0) is 40.9. The summed E-state index contributed by atoms with van der Waals surface area (Å²) < 4.78 is 42.4. The first kappa shape index (κ1) is 46.2. The number of rotatable bonds is 29. The average molecular weight is 813 g/mol. The number of aliphatic hydroxyl groups excluding tert-OH is 2. The van der Waals surface area contributed by atoms with Crippen LogP contribution < -0.4 is 5.73 Å². The Bertz CT molecular complexity index is 1750. The first-order valence-electron chi connectivity index (χ1n) is 20.5. The van der Waals surface area contributed by atoms with E-state index in [2.05, 4.69) is 23.1 Å². The van der Waals surface area contributed by atoms with Gasteiger partial charge in [-0.15, -0.1) is 0 Å². The molecule has 1 saturated heterocycles. The van der Waals surface area contributed by atoms with Gasteiger partial charge in [-0.05, 0) is 36.2 Å². The molecule has 1 aromatic carbocycles. The molecule has 0 radical (unpaired) electrons. The Hall–Kier alpha value is -3.47. The molecule has 57 heavy (non-hydrogen) atoms. The zero-order valence-electron chi connectivity index (χ0n) is 33.3. The molecule has 1 unspecified atom stereocenters. The summed E-state index contributed by atoms with van der Waals surface area (Å²) in [6.45, 7) is 1.93. The van der Waals surface area contributed by atoms with Crippen molar-refractivity contribution in [2.45, 2.75) is 146 Å². The number of fused-ring (bicyclic) bond motifs is 1. The van der Waals surface area contributed by atoms with Crippen LogP contribution in [0.2, 0.25) is 0 Å². The maximum atomic E-state index is 13.0. The fourth-order valence-electron chi connectivity index (χ4n) is 6.93. The van der Waals surface area contributed by atoms with Crippen LogP contribution in [0.4, 0.5) is 5.82 Å². The lowest BCUT2D eigenvalue weighted by atomic mass is 9.92. The van der Waals surface area contributed by atoms with Gasteiger partial charge in [-0.2, -0.15) is 15.6 Å². The number of nitrogens with zero attached hydrogens (tertiary/aromatic N) is 5. The van der Waals surface area contributed by atoms with Gasteiger partial charge in [-0.3, -0.25) is 9.05 Å². The highest BCUT2D eigenvalue weighted by atomic mass is 31.2. The second-order valence-corrected chi connectivity index (χ2v) is 16.2. The molecule has 6 atom stereocenters. The van der Waals surface area contributed by atoms with Crippen LogP contribution in [-0.2, 0) is 40.0 Å². The van der Waals surface area contributed by atoms with E-state index in [1.54, 1.807) is 24.3 Å². The normalized spacial score (nSPS) is 21.0. The fourth-order valence-corrected chi connectivity index (χ4v) is 7.70. The molecule has 1 aliphatic rings. The topological polar surface area (TPSA) is 228 Å². The fraction of sp³-hybridized carbons (Fsp3) is 0.659. The van der Waals surface area contributed by atoms with Crippen LogP contribution in [-0.4, -0.2) is 80.5 Å². The van der Waals surface area contributed by atoms with E-state index in [9.17, 15) is 24.9 Å². The van der Waals surface area contributed by atoms with Crippen molar-refractivity contribution in [2.75, 3.05) is 32.2 Å². The number of ether oxygens (including phenoxy) is 3. The molecule has 4 rings (SSSR count). The number of nitrogens with two attached hydrogens (primary N) is 1. The quantitative estimate of drug-likeness (QED) is 0.0408. The van der Waals surface area contributed by atoms with Crippen LogP contribution in [0.15, 0.2) is 42.7 Å². The molecule has 1 fully saturated rings. The number of unbranched alkanes of at least 4 members (excludes halogenated alkanes) is 15. The van der Waals surface area contributed by atoms with Crippen molar-refractivity contribution in [1.82, 2.24) is 14.6 Å². The van der Waals surface area contributed by atoms with Crippen molar-refractivity contribution in [1.29, 1.82) is 10.5 Å². The number of anilines is 1. The number of aliphatic hydroxyl groups is 2. The van der Waals surface area contributed by atoms with Crippen LogP contribution >= 0.6 is 7.82 Å². The van der Waals surface area contributed by atoms with Gasteiger partial charge in [0.25, 0.3) is 0 Å². The van der Waals surface area contributed by atoms with Gasteiger partial charge in [0.1, 0.15) is 42.3 Å². The van der Waals surface area contributed by atoms with Gasteiger partial charge < -0.3 is 35.1 Å². The molecular formula is C41H61N6O9P.